The number of carbonyl (C=O) groups excluding carboxylic acids is 2. The van der Waals surface area contributed by atoms with Gasteiger partial charge in [-0.3, -0.25) is 0 Å². The summed E-state index contributed by atoms with van der Waals surface area (Å²) in [6, 6.07) is 17.3. The average Bonchev–Trinajstić information content (AvgIpc) is 2.88. The quantitative estimate of drug-likeness (QED) is 0.162. The molecule has 2 unspecified atom stereocenters. The van der Waals surface area contributed by atoms with E-state index in [-0.39, 0.29) is 23.7 Å². The standard InChI is InChI=1S/C31H29F3O5S/c1-18-14-19(2)27(20(3)15-18)28-26(39-30(36)37-23-8-6-5-7-9-23)16-25(38-29(28)35)21(4)17-40-24-12-10-22(11-13-24)31(32,33)34/h5-15,21,25H,16-17H2,1-4H3. The van der Waals surface area contributed by atoms with Crippen LogP contribution in [-0.4, -0.2) is 24.0 Å². The number of carbonyl (C=O) groups is 2. The molecule has 0 N–H and O–H groups in total. The lowest BCUT2D eigenvalue weighted by molar-refractivity contribution is -0.145. The Labute approximate surface area is 235 Å². The van der Waals surface area contributed by atoms with E-state index in [0.29, 0.717) is 22.0 Å². The number of alkyl halides is 3. The Hall–Kier alpha value is -3.72. The maximum absolute atomic E-state index is 13.4. The molecule has 0 spiro atoms. The summed E-state index contributed by atoms with van der Waals surface area (Å²) in [5.41, 5.74) is 2.82. The fraction of sp³-hybridized carbons (Fsp3) is 0.290. The van der Waals surface area contributed by atoms with Crippen LogP contribution >= 0.6 is 11.8 Å². The van der Waals surface area contributed by atoms with Gasteiger partial charge < -0.3 is 14.2 Å². The second-order valence-corrected chi connectivity index (χ2v) is 10.9. The van der Waals surface area contributed by atoms with Crippen LogP contribution in [0.15, 0.2) is 77.4 Å². The van der Waals surface area contributed by atoms with Crippen LogP contribution in [0.4, 0.5) is 18.0 Å². The molecule has 9 heteroatoms. The molecule has 3 aromatic carbocycles. The zero-order chi connectivity index (χ0) is 29.0. The fourth-order valence-corrected chi connectivity index (χ4v) is 5.64. The molecule has 0 aromatic heterocycles. The molecule has 40 heavy (non-hydrogen) atoms. The number of cyclic esters (lactones) is 1. The maximum atomic E-state index is 13.4. The Bertz CT molecular complexity index is 1390. The molecule has 2 atom stereocenters. The molecule has 3 aromatic rings. The zero-order valence-corrected chi connectivity index (χ0v) is 23.3. The summed E-state index contributed by atoms with van der Waals surface area (Å²) in [4.78, 5) is 26.8. The number of thioether (sulfide) groups is 1. The largest absolute Gasteiger partial charge is 0.519 e. The summed E-state index contributed by atoms with van der Waals surface area (Å²) in [6.45, 7) is 7.59. The second-order valence-electron chi connectivity index (χ2n) is 9.80. The summed E-state index contributed by atoms with van der Waals surface area (Å²) >= 11 is 1.36. The topological polar surface area (TPSA) is 61.8 Å². The first-order valence-corrected chi connectivity index (χ1v) is 13.7. The molecular weight excluding hydrogens is 541 g/mol. The predicted octanol–water partition coefficient (Wildman–Crippen LogP) is 8.30. The Morgan fingerprint density at radius 2 is 1.62 bits per heavy atom. The van der Waals surface area contributed by atoms with Crippen molar-refractivity contribution in [2.24, 2.45) is 5.92 Å². The predicted molar refractivity (Wildman–Crippen MR) is 147 cm³/mol. The van der Waals surface area contributed by atoms with Crippen LogP contribution in [-0.2, 0) is 20.4 Å². The highest BCUT2D eigenvalue weighted by atomic mass is 32.2. The first kappa shape index (κ1) is 29.3. The van der Waals surface area contributed by atoms with Gasteiger partial charge in [-0.25, -0.2) is 9.59 Å². The third-order valence-electron chi connectivity index (χ3n) is 6.54. The molecule has 1 heterocycles. The van der Waals surface area contributed by atoms with Crippen LogP contribution in [0.5, 0.6) is 5.75 Å². The summed E-state index contributed by atoms with van der Waals surface area (Å²) in [6.07, 6.45) is -5.86. The van der Waals surface area contributed by atoms with E-state index >= 15 is 0 Å². The van der Waals surface area contributed by atoms with E-state index in [2.05, 4.69) is 0 Å². The van der Waals surface area contributed by atoms with Gasteiger partial charge in [0, 0.05) is 23.0 Å². The molecule has 1 aliphatic heterocycles. The lowest BCUT2D eigenvalue weighted by Crippen LogP contribution is -2.34. The van der Waals surface area contributed by atoms with Crippen molar-refractivity contribution in [1.29, 1.82) is 0 Å². The number of rotatable bonds is 7. The van der Waals surface area contributed by atoms with Crippen molar-refractivity contribution in [2.45, 2.75) is 51.3 Å². The highest BCUT2D eigenvalue weighted by Crippen LogP contribution is 2.38. The molecule has 0 bridgehead atoms. The Morgan fingerprint density at radius 3 is 2.23 bits per heavy atom. The molecule has 5 nitrogen and oxygen atoms in total. The van der Waals surface area contributed by atoms with Gasteiger partial charge in [-0.15, -0.1) is 11.8 Å². The Kier molecular flexibility index (Phi) is 8.93. The number of hydrogen-bond donors (Lipinski definition) is 0. The summed E-state index contributed by atoms with van der Waals surface area (Å²) in [5.74, 6) is 0.0994. The third kappa shape index (κ3) is 7.07. The summed E-state index contributed by atoms with van der Waals surface area (Å²) in [5, 5.41) is 0. The molecule has 210 valence electrons. The normalized spacial score (nSPS) is 16.4. The van der Waals surface area contributed by atoms with Crippen LogP contribution in [0.3, 0.4) is 0 Å². The molecule has 0 amide bonds. The van der Waals surface area contributed by atoms with Gasteiger partial charge >= 0.3 is 18.3 Å². The maximum Gasteiger partial charge on any atom is 0.519 e. The van der Waals surface area contributed by atoms with Crippen molar-refractivity contribution in [2.75, 3.05) is 5.75 Å². The lowest BCUT2D eigenvalue weighted by atomic mass is 9.89. The number of esters is 1. The lowest BCUT2D eigenvalue weighted by Gasteiger charge is -2.31. The van der Waals surface area contributed by atoms with Gasteiger partial charge in [0.1, 0.15) is 23.2 Å². The van der Waals surface area contributed by atoms with Crippen LogP contribution < -0.4 is 4.74 Å². The average molecular weight is 571 g/mol. The van der Waals surface area contributed by atoms with E-state index in [0.717, 1.165) is 28.8 Å². The number of para-hydroxylation sites is 1. The molecule has 0 saturated heterocycles. The fourth-order valence-electron chi connectivity index (χ4n) is 4.64. The monoisotopic (exact) mass is 570 g/mol. The molecule has 0 saturated carbocycles. The van der Waals surface area contributed by atoms with Crippen LogP contribution in [0.2, 0.25) is 0 Å². The highest BCUT2D eigenvalue weighted by molar-refractivity contribution is 7.99. The number of aryl methyl sites for hydroxylation is 3. The number of benzene rings is 3. The second kappa shape index (κ2) is 12.2. The minimum atomic E-state index is -4.40. The van der Waals surface area contributed by atoms with Crippen LogP contribution in [0.25, 0.3) is 5.57 Å². The molecule has 0 fully saturated rings. The molecule has 4 rings (SSSR count). The highest BCUT2D eigenvalue weighted by Gasteiger charge is 2.37. The van der Waals surface area contributed by atoms with Crippen molar-refractivity contribution >= 4 is 29.5 Å². The van der Waals surface area contributed by atoms with Gasteiger partial charge in [-0.05, 0) is 73.9 Å². The Balaban J connectivity index is 1.57. The zero-order valence-electron chi connectivity index (χ0n) is 22.5. The summed E-state index contributed by atoms with van der Waals surface area (Å²) in [7, 11) is 0. The first-order valence-electron chi connectivity index (χ1n) is 12.7. The Morgan fingerprint density at radius 1 is 1.00 bits per heavy atom. The van der Waals surface area contributed by atoms with Crippen LogP contribution in [0.1, 0.15) is 41.2 Å². The van der Waals surface area contributed by atoms with Crippen molar-refractivity contribution in [3.8, 4) is 5.75 Å². The minimum Gasteiger partial charge on any atom is -0.458 e. The minimum absolute atomic E-state index is 0.131. The van der Waals surface area contributed by atoms with E-state index in [4.69, 9.17) is 14.2 Å². The number of ether oxygens (including phenoxy) is 3. The van der Waals surface area contributed by atoms with Crippen molar-refractivity contribution in [3.63, 3.8) is 0 Å². The smallest absolute Gasteiger partial charge is 0.458 e. The SMILES string of the molecule is Cc1cc(C)c(C2=C(OC(=O)Oc3ccccc3)CC(C(C)CSc3ccc(C(F)(F)F)cc3)OC2=O)c(C)c1. The number of halogens is 3. The van der Waals surface area contributed by atoms with Crippen LogP contribution in [0, 0.1) is 26.7 Å². The first-order chi connectivity index (χ1) is 18.9. The summed E-state index contributed by atoms with van der Waals surface area (Å²) < 4.78 is 55.5. The molecule has 1 aliphatic rings. The van der Waals surface area contributed by atoms with E-state index in [9.17, 15) is 22.8 Å². The van der Waals surface area contributed by atoms with E-state index in [1.807, 2.05) is 39.8 Å². The molecule has 0 radical (unpaired) electrons. The van der Waals surface area contributed by atoms with Crippen molar-refractivity contribution < 1.29 is 37.0 Å². The van der Waals surface area contributed by atoms with E-state index < -0.39 is 30.0 Å². The van der Waals surface area contributed by atoms with Gasteiger partial charge in [-0.1, -0.05) is 42.8 Å². The van der Waals surface area contributed by atoms with Gasteiger partial charge in [0.25, 0.3) is 0 Å². The molecular formula is C31H29F3O5S. The van der Waals surface area contributed by atoms with Crippen molar-refractivity contribution in [1.82, 2.24) is 0 Å². The van der Waals surface area contributed by atoms with Gasteiger partial charge in [0.05, 0.1) is 5.56 Å². The van der Waals surface area contributed by atoms with Gasteiger partial charge in [-0.2, -0.15) is 13.2 Å². The third-order valence-corrected chi connectivity index (χ3v) is 7.83. The van der Waals surface area contributed by atoms with Gasteiger partial charge in [0.15, 0.2) is 0 Å². The van der Waals surface area contributed by atoms with Gasteiger partial charge in [0.2, 0.25) is 0 Å². The van der Waals surface area contributed by atoms with Crippen molar-refractivity contribution in [3.05, 3.63) is 100 Å². The van der Waals surface area contributed by atoms with E-state index in [1.54, 1.807) is 30.3 Å². The van der Waals surface area contributed by atoms with E-state index in [1.165, 1.54) is 23.9 Å². The molecule has 0 aliphatic carbocycles. The number of hydrogen-bond acceptors (Lipinski definition) is 6.